The molecule has 72 valence electrons. The van der Waals surface area contributed by atoms with E-state index < -0.39 is 16.1 Å². The van der Waals surface area contributed by atoms with Crippen LogP contribution in [0.15, 0.2) is 0 Å². The maximum absolute atomic E-state index is 10.0. The molecule has 0 radical (unpaired) electrons. The molecule has 0 bridgehead atoms. The van der Waals surface area contributed by atoms with Gasteiger partial charge in [-0.1, -0.05) is 12.6 Å². The number of thiol groups is 2. The average molecular weight is 251 g/mol. The molecule has 0 aromatic rings. The summed E-state index contributed by atoms with van der Waals surface area (Å²) in [5, 5.41) is 8.82. The van der Waals surface area contributed by atoms with Gasteiger partial charge in [0, 0.05) is 18.8 Å². The van der Waals surface area contributed by atoms with Crippen molar-refractivity contribution in [3.05, 3.63) is 10.1 Å². The van der Waals surface area contributed by atoms with Crippen molar-refractivity contribution in [2.75, 3.05) is 0 Å². The molecule has 0 saturated heterocycles. The molecule has 13 heavy (non-hydrogen) atoms. The minimum atomic E-state index is -1.18. The quantitative estimate of drug-likeness (QED) is 0.250. The molecule has 0 aliphatic carbocycles. The number of hydrogen-bond acceptors (Lipinski definition) is 4. The fraction of sp³-hybridized carbons (Fsp3) is 0.600. The van der Waals surface area contributed by atoms with E-state index in [0.29, 0.717) is 0 Å². The Morgan fingerprint density at radius 1 is 1.46 bits per heavy atom. The van der Waals surface area contributed by atoms with Crippen molar-refractivity contribution in [1.29, 1.82) is 0 Å². The van der Waals surface area contributed by atoms with Crippen LogP contribution in [0, 0.1) is 10.1 Å². The van der Waals surface area contributed by atoms with E-state index in [1.54, 1.807) is 0 Å². The van der Waals surface area contributed by atoms with Gasteiger partial charge in [0.25, 0.3) is 11.2 Å². The van der Waals surface area contributed by atoms with Crippen molar-refractivity contribution in [3.8, 4) is 0 Å². The summed E-state index contributed by atoms with van der Waals surface area (Å²) in [6, 6.07) is -1.18. The van der Waals surface area contributed by atoms with Crippen LogP contribution in [-0.4, -0.2) is 21.2 Å². The van der Waals surface area contributed by atoms with Crippen molar-refractivity contribution >= 4 is 35.5 Å². The number of carbonyl (C=O) groups is 2. The summed E-state index contributed by atoms with van der Waals surface area (Å²) >= 11 is 6.58. The summed E-state index contributed by atoms with van der Waals surface area (Å²) in [7, 11) is 0. The Morgan fingerprint density at radius 2 is 1.69 bits per heavy atom. The molecule has 5 nitrogen and oxygen atoms in total. The first kappa shape index (κ1) is 19.6. The molecule has 0 rings (SSSR count). The molecular formula is C5H10KNO4S2. The minimum Gasteiger partial charge on any atom is -1.00 e. The second-order valence-electron chi connectivity index (χ2n) is 1.82. The standard InChI is InChI=1S/C3H5NO3S.C2H4OS.K.H/c1-2(3(5)8)4(6)7;1-2(3)4;;/h2H,1H3,(H,5,8);1H3,(H,3,4);;/q;;+1;-1. The largest absolute Gasteiger partial charge is 1.00 e. The van der Waals surface area contributed by atoms with Crippen LogP contribution in [0.3, 0.4) is 0 Å². The van der Waals surface area contributed by atoms with Crippen LogP contribution in [0.5, 0.6) is 0 Å². The fourth-order valence-electron chi connectivity index (χ4n) is 0.0902. The molecular weight excluding hydrogens is 241 g/mol. The third-order valence-corrected chi connectivity index (χ3v) is 1.05. The molecule has 0 saturated carbocycles. The number of hydrogen-bond donors (Lipinski definition) is 2. The molecule has 1 atom stereocenters. The van der Waals surface area contributed by atoms with Gasteiger partial charge in [0.2, 0.25) is 0 Å². The first-order valence-electron chi connectivity index (χ1n) is 2.84. The van der Waals surface area contributed by atoms with Gasteiger partial charge in [0.15, 0.2) is 5.12 Å². The van der Waals surface area contributed by atoms with Crippen LogP contribution >= 0.6 is 25.3 Å². The van der Waals surface area contributed by atoms with Crippen molar-refractivity contribution in [1.82, 2.24) is 0 Å². The average Bonchev–Trinajstić information content (AvgIpc) is 1.84. The summed E-state index contributed by atoms with van der Waals surface area (Å²) in [5.74, 6) is 0. The Hall–Kier alpha value is 1.08. The zero-order valence-electron chi connectivity index (χ0n) is 8.55. The summed E-state index contributed by atoms with van der Waals surface area (Å²) in [4.78, 5) is 28.3. The van der Waals surface area contributed by atoms with Gasteiger partial charge in [-0.15, -0.1) is 12.6 Å². The molecule has 0 aromatic heterocycles. The van der Waals surface area contributed by atoms with Crippen molar-refractivity contribution in [2.24, 2.45) is 0 Å². The van der Waals surface area contributed by atoms with E-state index in [1.807, 2.05) is 0 Å². The van der Waals surface area contributed by atoms with Crippen LogP contribution in [0.25, 0.3) is 0 Å². The van der Waals surface area contributed by atoms with E-state index in [9.17, 15) is 19.7 Å². The molecule has 0 aliphatic heterocycles. The second-order valence-corrected chi connectivity index (χ2v) is 2.89. The van der Waals surface area contributed by atoms with Gasteiger partial charge < -0.3 is 1.43 Å². The third-order valence-electron chi connectivity index (χ3n) is 0.674. The van der Waals surface area contributed by atoms with Gasteiger partial charge in [0.1, 0.15) is 0 Å². The monoisotopic (exact) mass is 251 g/mol. The van der Waals surface area contributed by atoms with Gasteiger partial charge >= 0.3 is 51.4 Å². The summed E-state index contributed by atoms with van der Waals surface area (Å²) in [6.07, 6.45) is 0. The van der Waals surface area contributed by atoms with E-state index >= 15 is 0 Å². The molecule has 0 aromatic carbocycles. The zero-order valence-corrected chi connectivity index (χ0v) is 12.5. The summed E-state index contributed by atoms with van der Waals surface area (Å²) < 4.78 is 0. The van der Waals surface area contributed by atoms with E-state index in [1.165, 1.54) is 13.8 Å². The number of rotatable bonds is 2. The van der Waals surface area contributed by atoms with E-state index in [-0.39, 0.29) is 57.9 Å². The van der Waals surface area contributed by atoms with Crippen LogP contribution in [0.1, 0.15) is 15.3 Å². The van der Waals surface area contributed by atoms with Crippen LogP contribution in [0.2, 0.25) is 0 Å². The van der Waals surface area contributed by atoms with E-state index in [0.717, 1.165) is 0 Å². The smallest absolute Gasteiger partial charge is 1.00 e. The maximum Gasteiger partial charge on any atom is 1.00 e. The first-order chi connectivity index (χ1) is 5.29. The SMILES string of the molecule is CC(=O)S.CC(C(=O)S)[N+](=O)[O-].[H-].[K+]. The molecule has 0 heterocycles. The van der Waals surface area contributed by atoms with Crippen molar-refractivity contribution in [2.45, 2.75) is 19.9 Å². The van der Waals surface area contributed by atoms with Crippen molar-refractivity contribution in [3.63, 3.8) is 0 Å². The van der Waals surface area contributed by atoms with Crippen LogP contribution in [-0.2, 0) is 9.59 Å². The zero-order chi connectivity index (χ0) is 10.3. The maximum atomic E-state index is 10.0. The molecule has 8 heteroatoms. The second kappa shape index (κ2) is 11.2. The topological polar surface area (TPSA) is 77.3 Å². The van der Waals surface area contributed by atoms with Crippen LogP contribution < -0.4 is 51.4 Å². The fourth-order valence-corrected chi connectivity index (χ4v) is 0.184. The molecule has 0 amide bonds. The molecule has 0 fully saturated rings. The van der Waals surface area contributed by atoms with E-state index in [4.69, 9.17) is 0 Å². The molecule has 0 N–H and O–H groups in total. The van der Waals surface area contributed by atoms with Gasteiger partial charge in [-0.05, 0) is 0 Å². The normalized spacial score (nSPS) is 9.85. The first-order valence-corrected chi connectivity index (χ1v) is 3.74. The van der Waals surface area contributed by atoms with E-state index in [2.05, 4.69) is 25.3 Å². The predicted octanol–water partition coefficient (Wildman–Crippen LogP) is -2.31. The van der Waals surface area contributed by atoms with Crippen molar-refractivity contribution < 1.29 is 67.3 Å². The number of nitrogens with zero attached hydrogens (tertiary/aromatic N) is 1. The van der Waals surface area contributed by atoms with Gasteiger partial charge in [-0.2, -0.15) is 0 Å². The summed E-state index contributed by atoms with van der Waals surface area (Å²) in [5.41, 5.74) is 0. The van der Waals surface area contributed by atoms with Gasteiger partial charge in [-0.3, -0.25) is 19.7 Å². The molecule has 0 spiro atoms. The third kappa shape index (κ3) is 19.5. The Kier molecular flexibility index (Phi) is 16.8. The Labute approximate surface area is 131 Å². The predicted molar refractivity (Wildman–Crippen MR) is 51.2 cm³/mol. The Balaban J connectivity index is -0.0000000733. The Bertz CT molecular complexity index is 186. The summed E-state index contributed by atoms with van der Waals surface area (Å²) in [6.45, 7) is 2.58. The van der Waals surface area contributed by atoms with Crippen LogP contribution in [0.4, 0.5) is 0 Å². The van der Waals surface area contributed by atoms with Gasteiger partial charge in [0.05, 0.1) is 0 Å². The Morgan fingerprint density at radius 3 is 1.69 bits per heavy atom. The molecule has 0 aliphatic rings. The molecule has 1 unspecified atom stereocenters. The number of carbonyl (C=O) groups excluding carboxylic acids is 2. The van der Waals surface area contributed by atoms with Gasteiger partial charge in [-0.25, -0.2) is 0 Å². The minimum absolute atomic E-state index is 0. The number of nitro groups is 1.